The minimum atomic E-state index is 0.760. The summed E-state index contributed by atoms with van der Waals surface area (Å²) in [5.41, 5.74) is 3.45. The lowest BCUT2D eigenvalue weighted by molar-refractivity contribution is 1.14. The van der Waals surface area contributed by atoms with Gasteiger partial charge in [-0.2, -0.15) is 0 Å². The van der Waals surface area contributed by atoms with E-state index >= 15 is 0 Å². The maximum Gasteiger partial charge on any atom is 0.0648 e. The molecule has 0 aliphatic carbocycles. The largest absolute Gasteiger partial charge is 0.380 e. The summed E-state index contributed by atoms with van der Waals surface area (Å²) in [6.45, 7) is 2.86. The normalized spacial score (nSPS) is 10.4. The van der Waals surface area contributed by atoms with E-state index in [-0.39, 0.29) is 0 Å². The molecular formula is C14H12BrClIN. The van der Waals surface area contributed by atoms with Gasteiger partial charge in [0.05, 0.1) is 10.7 Å². The van der Waals surface area contributed by atoms with E-state index in [4.69, 9.17) is 11.6 Å². The Morgan fingerprint density at radius 2 is 2.00 bits per heavy atom. The Bertz CT molecular complexity index is 572. The van der Waals surface area contributed by atoms with Gasteiger partial charge in [-0.1, -0.05) is 39.7 Å². The summed E-state index contributed by atoms with van der Waals surface area (Å²) in [4.78, 5) is 0. The average molecular weight is 437 g/mol. The summed E-state index contributed by atoms with van der Waals surface area (Å²) in [6, 6.07) is 12.3. The Morgan fingerprint density at radius 3 is 2.67 bits per heavy atom. The maximum atomic E-state index is 6.18. The van der Waals surface area contributed by atoms with Gasteiger partial charge in [0.1, 0.15) is 0 Å². The quantitative estimate of drug-likeness (QED) is 0.615. The second-order valence-corrected chi connectivity index (χ2v) is 6.57. The van der Waals surface area contributed by atoms with Gasteiger partial charge in [-0.3, -0.25) is 0 Å². The molecule has 2 aromatic rings. The monoisotopic (exact) mass is 435 g/mol. The molecule has 0 saturated carbocycles. The third-order valence-corrected chi connectivity index (χ3v) is 4.51. The highest BCUT2D eigenvalue weighted by Crippen LogP contribution is 2.25. The summed E-state index contributed by atoms with van der Waals surface area (Å²) < 4.78 is 2.28. The molecule has 2 aromatic carbocycles. The van der Waals surface area contributed by atoms with Gasteiger partial charge in [-0.25, -0.2) is 0 Å². The van der Waals surface area contributed by atoms with E-state index in [2.05, 4.69) is 69.0 Å². The molecule has 0 aliphatic heterocycles. The van der Waals surface area contributed by atoms with Gasteiger partial charge in [0, 0.05) is 14.6 Å². The van der Waals surface area contributed by atoms with E-state index < -0.39 is 0 Å². The fourth-order valence-electron chi connectivity index (χ4n) is 1.65. The molecule has 0 heterocycles. The van der Waals surface area contributed by atoms with Gasteiger partial charge in [-0.15, -0.1) is 0 Å². The highest BCUT2D eigenvalue weighted by molar-refractivity contribution is 14.1. The molecule has 0 radical (unpaired) electrons. The van der Waals surface area contributed by atoms with Crippen LogP contribution in [0, 0.1) is 10.5 Å². The van der Waals surface area contributed by atoms with Gasteiger partial charge in [-0.05, 0) is 64.9 Å². The zero-order valence-electron chi connectivity index (χ0n) is 9.81. The Balaban J connectivity index is 2.09. The fraction of sp³-hybridized carbons (Fsp3) is 0.143. The van der Waals surface area contributed by atoms with Crippen LogP contribution >= 0.6 is 50.1 Å². The van der Waals surface area contributed by atoms with Crippen LogP contribution in [0.15, 0.2) is 40.9 Å². The lowest BCUT2D eigenvalue weighted by Crippen LogP contribution is -2.00. The Labute approximate surface area is 134 Å². The first-order chi connectivity index (χ1) is 8.56. The minimum absolute atomic E-state index is 0.760. The third-order valence-electron chi connectivity index (χ3n) is 2.64. The van der Waals surface area contributed by atoms with Crippen LogP contribution in [0.3, 0.4) is 0 Å². The van der Waals surface area contributed by atoms with Crippen molar-refractivity contribution in [3.05, 3.63) is 60.6 Å². The second kappa shape index (κ2) is 6.26. The predicted octanol–water partition coefficient (Wildman–Crippen LogP) is 5.63. The number of hydrogen-bond donors (Lipinski definition) is 1. The first-order valence-corrected chi connectivity index (χ1v) is 7.75. The van der Waals surface area contributed by atoms with Crippen molar-refractivity contribution in [2.45, 2.75) is 13.5 Å². The number of benzene rings is 2. The first-order valence-electron chi connectivity index (χ1n) is 5.50. The molecule has 0 saturated heterocycles. The molecule has 4 heteroatoms. The van der Waals surface area contributed by atoms with Gasteiger partial charge in [0.15, 0.2) is 0 Å². The van der Waals surface area contributed by atoms with Crippen molar-refractivity contribution in [2.24, 2.45) is 0 Å². The molecule has 0 spiro atoms. The van der Waals surface area contributed by atoms with Crippen molar-refractivity contribution in [3.63, 3.8) is 0 Å². The minimum Gasteiger partial charge on any atom is -0.380 e. The molecule has 0 aromatic heterocycles. The topological polar surface area (TPSA) is 12.0 Å². The Hall–Kier alpha value is -0.260. The highest BCUT2D eigenvalue weighted by atomic mass is 127. The summed E-state index contributed by atoms with van der Waals surface area (Å²) >= 11 is 11.9. The fourth-order valence-corrected chi connectivity index (χ4v) is 2.82. The summed E-state index contributed by atoms with van der Waals surface area (Å²) in [5.74, 6) is 0. The molecule has 0 fully saturated rings. The third kappa shape index (κ3) is 3.62. The van der Waals surface area contributed by atoms with Crippen molar-refractivity contribution in [1.82, 2.24) is 0 Å². The molecule has 18 heavy (non-hydrogen) atoms. The first kappa shape index (κ1) is 14.2. The van der Waals surface area contributed by atoms with E-state index in [9.17, 15) is 0 Å². The van der Waals surface area contributed by atoms with E-state index in [1.54, 1.807) is 0 Å². The van der Waals surface area contributed by atoms with Gasteiger partial charge < -0.3 is 5.32 Å². The number of hydrogen-bond acceptors (Lipinski definition) is 1. The molecule has 0 atom stereocenters. The number of aryl methyl sites for hydroxylation is 1. The molecule has 0 bridgehead atoms. The summed E-state index contributed by atoms with van der Waals surface area (Å²) in [5, 5.41) is 4.11. The van der Waals surface area contributed by atoms with Crippen LogP contribution in [0.4, 0.5) is 5.69 Å². The number of rotatable bonds is 3. The standard InChI is InChI=1S/C14H12BrClIN/c1-9-6-10(2-4-12(9)15)8-18-14-5-3-11(17)7-13(14)16/h2-7,18H,8H2,1H3. The number of nitrogens with one attached hydrogen (secondary N) is 1. The maximum absolute atomic E-state index is 6.18. The highest BCUT2D eigenvalue weighted by Gasteiger charge is 2.02. The molecule has 1 nitrogen and oxygen atoms in total. The molecule has 0 unspecified atom stereocenters. The molecule has 0 amide bonds. The molecule has 1 N–H and O–H groups in total. The van der Waals surface area contributed by atoms with E-state index in [1.165, 1.54) is 11.1 Å². The smallest absolute Gasteiger partial charge is 0.0648 e. The molecular weight excluding hydrogens is 424 g/mol. The number of halogens is 3. The van der Waals surface area contributed by atoms with E-state index in [1.807, 2.05) is 18.2 Å². The second-order valence-electron chi connectivity index (χ2n) is 4.06. The molecule has 0 aliphatic rings. The van der Waals surface area contributed by atoms with Gasteiger partial charge in [0.2, 0.25) is 0 Å². The van der Waals surface area contributed by atoms with E-state index in [0.29, 0.717) is 0 Å². The van der Waals surface area contributed by atoms with Crippen molar-refractivity contribution in [1.29, 1.82) is 0 Å². The van der Waals surface area contributed by atoms with Crippen molar-refractivity contribution < 1.29 is 0 Å². The predicted molar refractivity (Wildman–Crippen MR) is 90.4 cm³/mol. The lowest BCUT2D eigenvalue weighted by Gasteiger charge is -2.10. The van der Waals surface area contributed by atoms with Crippen LogP contribution in [0.1, 0.15) is 11.1 Å². The summed E-state index contributed by atoms with van der Waals surface area (Å²) in [6.07, 6.45) is 0. The van der Waals surface area contributed by atoms with Gasteiger partial charge >= 0.3 is 0 Å². The summed E-state index contributed by atoms with van der Waals surface area (Å²) in [7, 11) is 0. The van der Waals surface area contributed by atoms with Crippen LogP contribution < -0.4 is 5.32 Å². The van der Waals surface area contributed by atoms with Gasteiger partial charge in [0.25, 0.3) is 0 Å². The van der Waals surface area contributed by atoms with Crippen LogP contribution in [0.5, 0.6) is 0 Å². The SMILES string of the molecule is Cc1cc(CNc2ccc(I)cc2Cl)ccc1Br. The average Bonchev–Trinajstić information content (AvgIpc) is 2.32. The van der Waals surface area contributed by atoms with Crippen molar-refractivity contribution in [3.8, 4) is 0 Å². The van der Waals surface area contributed by atoms with Crippen molar-refractivity contribution in [2.75, 3.05) is 5.32 Å². The lowest BCUT2D eigenvalue weighted by atomic mass is 10.1. The van der Waals surface area contributed by atoms with Crippen LogP contribution in [-0.4, -0.2) is 0 Å². The van der Waals surface area contributed by atoms with Crippen molar-refractivity contribution >= 4 is 55.8 Å². The van der Waals surface area contributed by atoms with Crippen LogP contribution in [-0.2, 0) is 6.54 Å². The zero-order valence-corrected chi connectivity index (χ0v) is 14.3. The number of anilines is 1. The van der Waals surface area contributed by atoms with E-state index in [0.717, 1.165) is 25.3 Å². The molecule has 94 valence electrons. The van der Waals surface area contributed by atoms with Crippen LogP contribution in [0.2, 0.25) is 5.02 Å². The van der Waals surface area contributed by atoms with Crippen LogP contribution in [0.25, 0.3) is 0 Å². The zero-order chi connectivity index (χ0) is 13.1. The Kier molecular flexibility index (Phi) is 4.92. The Morgan fingerprint density at radius 1 is 1.22 bits per heavy atom. The molecule has 2 rings (SSSR count).